The lowest BCUT2D eigenvalue weighted by atomic mass is 10.0. The van der Waals surface area contributed by atoms with Gasteiger partial charge in [-0.25, -0.2) is 9.78 Å². The first-order valence-corrected chi connectivity index (χ1v) is 8.43. The molecule has 2 unspecified atom stereocenters. The number of nitrogens with zero attached hydrogens (tertiary/aromatic N) is 3. The summed E-state index contributed by atoms with van der Waals surface area (Å²) >= 11 is 0. The molecule has 0 radical (unpaired) electrons. The first-order chi connectivity index (χ1) is 12.7. The molecule has 1 saturated carbocycles. The second kappa shape index (κ2) is 5.20. The van der Waals surface area contributed by atoms with Crippen molar-refractivity contribution in [2.45, 2.75) is 18.0 Å². The van der Waals surface area contributed by atoms with Crippen molar-refractivity contribution in [3.8, 4) is 17.3 Å². The van der Waals surface area contributed by atoms with Gasteiger partial charge in [0.1, 0.15) is 0 Å². The molecule has 2 aromatic carbocycles. The molecule has 1 spiro atoms. The molecule has 1 aromatic heterocycles. The number of carbonyl (C=O) groups is 1. The smallest absolute Gasteiger partial charge is 0.319 e. The Morgan fingerprint density at radius 1 is 1.23 bits per heavy atom. The van der Waals surface area contributed by atoms with E-state index in [9.17, 15) is 4.79 Å². The maximum atomic E-state index is 12.4. The summed E-state index contributed by atoms with van der Waals surface area (Å²) in [6.07, 6.45) is 4.56. The average Bonchev–Trinajstić information content (AvgIpc) is 3.04. The summed E-state index contributed by atoms with van der Waals surface area (Å²) in [4.78, 5) is 16.7. The highest BCUT2D eigenvalue weighted by Crippen LogP contribution is 2.57. The summed E-state index contributed by atoms with van der Waals surface area (Å²) in [7, 11) is 0. The number of fused-ring (bicyclic) bond motifs is 5. The Labute approximate surface area is 150 Å². The van der Waals surface area contributed by atoms with E-state index in [0.717, 1.165) is 12.1 Å². The largest absolute Gasteiger partial charge is 0.332 e. The van der Waals surface area contributed by atoms with Crippen molar-refractivity contribution >= 4 is 11.7 Å². The van der Waals surface area contributed by atoms with Crippen LogP contribution in [0.2, 0.25) is 0 Å². The SMILES string of the molecule is N#Cc1ccc(NC(=O)NC2CC23c2ccccc2-c2cncn23)cc1. The van der Waals surface area contributed by atoms with Gasteiger partial charge in [0.15, 0.2) is 0 Å². The van der Waals surface area contributed by atoms with Gasteiger partial charge in [0, 0.05) is 17.7 Å². The summed E-state index contributed by atoms with van der Waals surface area (Å²) in [5.74, 6) is 0. The van der Waals surface area contributed by atoms with Crippen LogP contribution in [-0.2, 0) is 5.54 Å². The highest BCUT2D eigenvalue weighted by Gasteiger charge is 2.62. The van der Waals surface area contributed by atoms with E-state index in [4.69, 9.17) is 5.26 Å². The van der Waals surface area contributed by atoms with Crippen molar-refractivity contribution in [2.24, 2.45) is 0 Å². The van der Waals surface area contributed by atoms with E-state index in [1.54, 1.807) is 24.3 Å². The third kappa shape index (κ3) is 1.97. The summed E-state index contributed by atoms with van der Waals surface area (Å²) in [5.41, 5.74) is 4.50. The monoisotopic (exact) mass is 341 g/mol. The van der Waals surface area contributed by atoms with Crippen molar-refractivity contribution in [3.63, 3.8) is 0 Å². The second-order valence-electron chi connectivity index (χ2n) is 6.66. The van der Waals surface area contributed by atoms with Gasteiger partial charge in [0.25, 0.3) is 0 Å². The Balaban J connectivity index is 1.36. The van der Waals surface area contributed by atoms with Crippen LogP contribution in [0.1, 0.15) is 17.5 Å². The molecule has 0 bridgehead atoms. The van der Waals surface area contributed by atoms with Gasteiger partial charge in [-0.15, -0.1) is 0 Å². The number of imidazole rings is 1. The molecule has 2 amide bonds. The Kier molecular flexibility index (Phi) is 2.95. The molecule has 6 nitrogen and oxygen atoms in total. The van der Waals surface area contributed by atoms with E-state index in [0.29, 0.717) is 11.3 Å². The molecule has 5 rings (SSSR count). The van der Waals surface area contributed by atoms with Crippen molar-refractivity contribution in [2.75, 3.05) is 5.32 Å². The van der Waals surface area contributed by atoms with Crippen LogP contribution >= 0.6 is 0 Å². The molecule has 2 aliphatic rings. The fourth-order valence-corrected chi connectivity index (χ4v) is 3.97. The minimum Gasteiger partial charge on any atom is -0.332 e. The van der Waals surface area contributed by atoms with Crippen LogP contribution < -0.4 is 10.6 Å². The molecule has 2 N–H and O–H groups in total. The number of amides is 2. The van der Waals surface area contributed by atoms with Crippen molar-refractivity contribution < 1.29 is 4.79 Å². The zero-order valence-corrected chi connectivity index (χ0v) is 13.8. The number of aromatic nitrogens is 2. The van der Waals surface area contributed by atoms with Gasteiger partial charge in [0.2, 0.25) is 0 Å². The predicted octanol–water partition coefficient (Wildman–Crippen LogP) is 3.07. The molecule has 1 aliphatic heterocycles. The highest BCUT2D eigenvalue weighted by molar-refractivity contribution is 5.90. The van der Waals surface area contributed by atoms with Crippen molar-refractivity contribution in [1.29, 1.82) is 5.26 Å². The number of benzene rings is 2. The van der Waals surface area contributed by atoms with E-state index in [2.05, 4.69) is 38.4 Å². The Morgan fingerprint density at radius 3 is 2.85 bits per heavy atom. The number of nitrogens with one attached hydrogen (secondary N) is 2. The lowest BCUT2D eigenvalue weighted by Crippen LogP contribution is -2.36. The number of rotatable bonds is 2. The Bertz CT molecular complexity index is 1060. The maximum absolute atomic E-state index is 12.4. The zero-order valence-electron chi connectivity index (χ0n) is 13.8. The fraction of sp³-hybridized carbons (Fsp3) is 0.150. The van der Waals surface area contributed by atoms with Crippen LogP contribution in [0.25, 0.3) is 11.3 Å². The normalized spacial score (nSPS) is 21.6. The number of urea groups is 1. The first-order valence-electron chi connectivity index (χ1n) is 8.43. The quantitative estimate of drug-likeness (QED) is 0.751. The fourth-order valence-electron chi connectivity index (χ4n) is 3.97. The van der Waals surface area contributed by atoms with Gasteiger partial charge in [-0.3, -0.25) is 0 Å². The van der Waals surface area contributed by atoms with Crippen LogP contribution in [0.4, 0.5) is 10.5 Å². The average molecular weight is 341 g/mol. The van der Waals surface area contributed by atoms with Crippen molar-refractivity contribution in [1.82, 2.24) is 14.9 Å². The molecule has 3 aromatic rings. The van der Waals surface area contributed by atoms with Gasteiger partial charge in [0.05, 0.1) is 41.4 Å². The minimum atomic E-state index is -0.248. The summed E-state index contributed by atoms with van der Waals surface area (Å²) < 4.78 is 2.17. The van der Waals surface area contributed by atoms with E-state index >= 15 is 0 Å². The summed E-state index contributed by atoms with van der Waals surface area (Å²) in [6, 6.07) is 16.9. The molecule has 26 heavy (non-hydrogen) atoms. The zero-order chi connectivity index (χ0) is 17.7. The first kappa shape index (κ1) is 14.7. The van der Waals surface area contributed by atoms with Gasteiger partial charge < -0.3 is 15.2 Å². The topological polar surface area (TPSA) is 82.7 Å². The molecule has 2 atom stereocenters. The van der Waals surface area contributed by atoms with Gasteiger partial charge in [-0.2, -0.15) is 5.26 Å². The number of nitriles is 1. The third-order valence-corrected chi connectivity index (χ3v) is 5.25. The van der Waals surface area contributed by atoms with Crippen LogP contribution in [0.5, 0.6) is 0 Å². The number of hydrogen-bond acceptors (Lipinski definition) is 3. The van der Waals surface area contributed by atoms with E-state index in [-0.39, 0.29) is 17.6 Å². The van der Waals surface area contributed by atoms with E-state index in [1.807, 2.05) is 24.7 Å². The summed E-state index contributed by atoms with van der Waals surface area (Å²) in [5, 5.41) is 14.7. The molecule has 6 heteroatoms. The number of hydrogen-bond donors (Lipinski definition) is 2. The van der Waals surface area contributed by atoms with E-state index in [1.165, 1.54) is 11.1 Å². The number of carbonyl (C=O) groups excluding carboxylic acids is 1. The predicted molar refractivity (Wildman–Crippen MR) is 96.5 cm³/mol. The van der Waals surface area contributed by atoms with Crippen LogP contribution in [0.3, 0.4) is 0 Å². The lowest BCUT2D eigenvalue weighted by molar-refractivity contribution is 0.250. The number of anilines is 1. The molecular formula is C20H15N5O. The molecule has 2 heterocycles. The van der Waals surface area contributed by atoms with Crippen molar-refractivity contribution in [3.05, 3.63) is 72.2 Å². The Morgan fingerprint density at radius 2 is 2.04 bits per heavy atom. The van der Waals surface area contributed by atoms with Crippen LogP contribution in [0, 0.1) is 11.3 Å². The van der Waals surface area contributed by atoms with Crippen LogP contribution in [0.15, 0.2) is 61.1 Å². The summed E-state index contributed by atoms with van der Waals surface area (Å²) in [6.45, 7) is 0. The molecule has 0 saturated heterocycles. The molecule has 126 valence electrons. The molecule has 1 fully saturated rings. The Hall–Kier alpha value is -3.59. The van der Waals surface area contributed by atoms with Gasteiger partial charge in [-0.05, 0) is 29.8 Å². The molecular weight excluding hydrogens is 326 g/mol. The van der Waals surface area contributed by atoms with E-state index < -0.39 is 0 Å². The van der Waals surface area contributed by atoms with Crippen LogP contribution in [-0.4, -0.2) is 21.6 Å². The highest BCUT2D eigenvalue weighted by atomic mass is 16.2. The third-order valence-electron chi connectivity index (χ3n) is 5.25. The molecule has 1 aliphatic carbocycles. The van der Waals surface area contributed by atoms with Gasteiger partial charge >= 0.3 is 6.03 Å². The lowest BCUT2D eigenvalue weighted by Gasteiger charge is -2.16. The minimum absolute atomic E-state index is 0.0116. The maximum Gasteiger partial charge on any atom is 0.319 e. The standard InChI is InChI=1S/C20H15N5O/c21-10-13-5-7-14(8-6-13)23-19(26)24-18-9-20(18)16-4-2-1-3-15(16)17-11-22-12-25(17)20/h1-8,11-12,18H,9H2,(H2,23,24,26). The second-order valence-corrected chi connectivity index (χ2v) is 6.66. The van der Waals surface area contributed by atoms with Gasteiger partial charge in [-0.1, -0.05) is 24.3 Å².